The van der Waals surface area contributed by atoms with Gasteiger partial charge in [-0.15, -0.1) is 0 Å². The summed E-state index contributed by atoms with van der Waals surface area (Å²) < 4.78 is 50.5. The zero-order valence-corrected chi connectivity index (χ0v) is 19.0. The molecule has 34 heavy (non-hydrogen) atoms. The summed E-state index contributed by atoms with van der Waals surface area (Å²) in [6, 6.07) is 11.3. The van der Waals surface area contributed by atoms with Crippen molar-refractivity contribution in [3.8, 4) is 11.5 Å². The summed E-state index contributed by atoms with van der Waals surface area (Å²) in [6.07, 6.45) is -3.08. The molecule has 2 aromatic rings. The summed E-state index contributed by atoms with van der Waals surface area (Å²) in [4.78, 5) is 15.6. The number of rotatable bonds is 6. The van der Waals surface area contributed by atoms with Gasteiger partial charge in [0.25, 0.3) is 0 Å². The summed E-state index contributed by atoms with van der Waals surface area (Å²) in [5.74, 6) is 0.233. The molecule has 2 aromatic carbocycles. The molecule has 2 aliphatic heterocycles. The van der Waals surface area contributed by atoms with Crippen LogP contribution in [-0.2, 0) is 15.7 Å². The molecule has 0 aromatic heterocycles. The molecular formula is C25H29F3N2O4. The first-order valence-corrected chi connectivity index (χ1v) is 11.4. The van der Waals surface area contributed by atoms with E-state index in [0.29, 0.717) is 45.6 Å². The maximum Gasteiger partial charge on any atom is 0.416 e. The number of phenols is 1. The smallest absolute Gasteiger partial charge is 0.416 e. The SMILES string of the molecule is C[C@H](NC(=O)C1(N2CC[C@@H](Oc3cccc(C(F)(F)F)c3)C2)CCOCC1)c1ccc(O)cc1. The summed E-state index contributed by atoms with van der Waals surface area (Å²) in [6.45, 7) is 3.84. The number of carbonyl (C=O) groups is 1. The molecule has 0 unspecified atom stereocenters. The van der Waals surface area contributed by atoms with Crippen LogP contribution in [0.2, 0.25) is 0 Å². The van der Waals surface area contributed by atoms with E-state index in [1.165, 1.54) is 12.1 Å². The number of benzene rings is 2. The average molecular weight is 479 g/mol. The van der Waals surface area contributed by atoms with E-state index in [-0.39, 0.29) is 29.6 Å². The highest BCUT2D eigenvalue weighted by molar-refractivity contribution is 5.87. The minimum Gasteiger partial charge on any atom is -0.508 e. The fraction of sp³-hybridized carbons (Fsp3) is 0.480. The highest BCUT2D eigenvalue weighted by Crippen LogP contribution is 2.35. The van der Waals surface area contributed by atoms with Gasteiger partial charge >= 0.3 is 6.18 Å². The second kappa shape index (κ2) is 9.84. The van der Waals surface area contributed by atoms with Crippen molar-refractivity contribution in [3.05, 3.63) is 59.7 Å². The van der Waals surface area contributed by atoms with E-state index in [9.17, 15) is 23.1 Å². The van der Waals surface area contributed by atoms with Crippen LogP contribution in [0.4, 0.5) is 13.2 Å². The van der Waals surface area contributed by atoms with Crippen molar-refractivity contribution in [3.63, 3.8) is 0 Å². The van der Waals surface area contributed by atoms with E-state index in [4.69, 9.17) is 9.47 Å². The molecule has 2 fully saturated rings. The van der Waals surface area contributed by atoms with Crippen molar-refractivity contribution < 1.29 is 32.5 Å². The average Bonchev–Trinajstić information content (AvgIpc) is 3.28. The lowest BCUT2D eigenvalue weighted by molar-refractivity contribution is -0.141. The fourth-order valence-electron chi connectivity index (χ4n) is 4.72. The van der Waals surface area contributed by atoms with E-state index in [1.54, 1.807) is 24.3 Å². The van der Waals surface area contributed by atoms with Crippen LogP contribution in [0, 0.1) is 0 Å². The van der Waals surface area contributed by atoms with E-state index in [0.717, 1.165) is 17.7 Å². The zero-order chi connectivity index (χ0) is 24.3. The molecule has 9 heteroatoms. The van der Waals surface area contributed by atoms with Crippen molar-refractivity contribution in [2.45, 2.75) is 50.0 Å². The molecular weight excluding hydrogens is 449 g/mol. The highest BCUT2D eigenvalue weighted by Gasteiger charge is 2.48. The zero-order valence-electron chi connectivity index (χ0n) is 19.0. The maximum absolute atomic E-state index is 13.6. The molecule has 2 heterocycles. The van der Waals surface area contributed by atoms with Crippen molar-refractivity contribution in [1.29, 1.82) is 0 Å². The third kappa shape index (κ3) is 5.31. The van der Waals surface area contributed by atoms with Crippen molar-refractivity contribution in [2.24, 2.45) is 0 Å². The van der Waals surface area contributed by atoms with Crippen LogP contribution >= 0.6 is 0 Å². The first kappa shape index (κ1) is 24.3. The molecule has 0 aliphatic carbocycles. The van der Waals surface area contributed by atoms with Crippen molar-refractivity contribution >= 4 is 5.91 Å². The Morgan fingerprint density at radius 1 is 1.21 bits per heavy atom. The molecule has 2 aliphatic rings. The quantitative estimate of drug-likeness (QED) is 0.648. The number of phenolic OH excluding ortho intramolecular Hbond substituents is 1. The topological polar surface area (TPSA) is 71.0 Å². The molecule has 2 atom stereocenters. The Balaban J connectivity index is 1.45. The monoisotopic (exact) mass is 478 g/mol. The van der Waals surface area contributed by atoms with Gasteiger partial charge < -0.3 is 19.9 Å². The Labute approximate surface area is 196 Å². The van der Waals surface area contributed by atoms with Crippen LogP contribution < -0.4 is 10.1 Å². The van der Waals surface area contributed by atoms with Crippen LogP contribution in [0.1, 0.15) is 43.4 Å². The van der Waals surface area contributed by atoms with Gasteiger partial charge in [0.15, 0.2) is 0 Å². The van der Waals surface area contributed by atoms with Gasteiger partial charge in [-0.05, 0) is 62.1 Å². The summed E-state index contributed by atoms with van der Waals surface area (Å²) >= 11 is 0. The molecule has 0 spiro atoms. The third-order valence-electron chi connectivity index (χ3n) is 6.70. The second-order valence-electron chi connectivity index (χ2n) is 8.93. The molecule has 2 N–H and O–H groups in total. The number of carbonyl (C=O) groups excluding carboxylic acids is 1. The Hall–Kier alpha value is -2.78. The van der Waals surface area contributed by atoms with E-state index in [1.807, 2.05) is 6.92 Å². The van der Waals surface area contributed by atoms with E-state index >= 15 is 0 Å². The normalized spacial score (nSPS) is 21.7. The van der Waals surface area contributed by atoms with Crippen LogP contribution in [0.15, 0.2) is 48.5 Å². The van der Waals surface area contributed by atoms with Crippen LogP contribution in [0.3, 0.4) is 0 Å². The molecule has 0 saturated carbocycles. The van der Waals surface area contributed by atoms with Gasteiger partial charge in [0.1, 0.15) is 23.1 Å². The first-order chi connectivity index (χ1) is 16.2. The molecule has 184 valence electrons. The third-order valence-corrected chi connectivity index (χ3v) is 6.70. The standard InChI is InChI=1S/C25H29F3N2O4/c1-17(18-5-7-20(31)8-6-18)29-23(32)24(10-13-33-14-11-24)30-12-9-22(16-30)34-21-4-2-3-19(15-21)25(26,27)28/h2-8,15,17,22,31H,9-14,16H2,1H3,(H,29,32)/t17-,22+/m0/s1. The first-order valence-electron chi connectivity index (χ1n) is 11.4. The summed E-state index contributed by atoms with van der Waals surface area (Å²) in [5.41, 5.74) is -0.640. The van der Waals surface area contributed by atoms with Gasteiger partial charge in [-0.2, -0.15) is 13.2 Å². The number of nitrogens with one attached hydrogen (secondary N) is 1. The molecule has 1 amide bonds. The number of likely N-dealkylation sites (tertiary alicyclic amines) is 1. The lowest BCUT2D eigenvalue weighted by Gasteiger charge is -2.43. The number of hydrogen-bond acceptors (Lipinski definition) is 5. The minimum absolute atomic E-state index is 0.101. The number of aromatic hydroxyl groups is 1. The molecule has 0 radical (unpaired) electrons. The van der Waals surface area contributed by atoms with Gasteiger partial charge in [-0.3, -0.25) is 9.69 Å². The number of halogens is 3. The summed E-state index contributed by atoms with van der Waals surface area (Å²) in [5, 5.41) is 12.6. The van der Waals surface area contributed by atoms with Gasteiger partial charge in [0.2, 0.25) is 5.91 Å². The largest absolute Gasteiger partial charge is 0.508 e. The van der Waals surface area contributed by atoms with Gasteiger partial charge in [-0.1, -0.05) is 18.2 Å². The minimum atomic E-state index is -4.43. The van der Waals surface area contributed by atoms with Crippen molar-refractivity contribution in [2.75, 3.05) is 26.3 Å². The number of amides is 1. The number of hydrogen-bond donors (Lipinski definition) is 2. The lowest BCUT2D eigenvalue weighted by Crippen LogP contribution is -2.61. The Kier molecular flexibility index (Phi) is 7.04. The second-order valence-corrected chi connectivity index (χ2v) is 8.93. The Bertz CT molecular complexity index is 990. The van der Waals surface area contributed by atoms with Gasteiger partial charge in [-0.25, -0.2) is 0 Å². The van der Waals surface area contributed by atoms with Gasteiger partial charge in [0, 0.05) is 26.3 Å². The molecule has 4 rings (SSSR count). The summed E-state index contributed by atoms with van der Waals surface area (Å²) in [7, 11) is 0. The number of ether oxygens (including phenoxy) is 2. The predicted octanol–water partition coefficient (Wildman–Crippen LogP) is 4.29. The van der Waals surface area contributed by atoms with E-state index < -0.39 is 17.3 Å². The van der Waals surface area contributed by atoms with Crippen LogP contribution in [-0.4, -0.2) is 53.9 Å². The molecule has 2 saturated heterocycles. The van der Waals surface area contributed by atoms with E-state index in [2.05, 4.69) is 10.2 Å². The van der Waals surface area contributed by atoms with Crippen LogP contribution in [0.5, 0.6) is 11.5 Å². The predicted molar refractivity (Wildman–Crippen MR) is 119 cm³/mol. The van der Waals surface area contributed by atoms with Crippen molar-refractivity contribution in [1.82, 2.24) is 10.2 Å². The van der Waals surface area contributed by atoms with Gasteiger partial charge in [0.05, 0.1) is 11.6 Å². The Morgan fingerprint density at radius 3 is 2.59 bits per heavy atom. The van der Waals surface area contributed by atoms with Crippen LogP contribution in [0.25, 0.3) is 0 Å². The molecule has 6 nitrogen and oxygen atoms in total. The fourth-order valence-corrected chi connectivity index (χ4v) is 4.72. The number of alkyl halides is 3. The molecule has 0 bridgehead atoms. The maximum atomic E-state index is 13.6. The number of nitrogens with zero attached hydrogens (tertiary/aromatic N) is 1. The lowest BCUT2D eigenvalue weighted by atomic mass is 9.86. The highest BCUT2D eigenvalue weighted by atomic mass is 19.4. The Morgan fingerprint density at radius 2 is 1.91 bits per heavy atom.